The van der Waals surface area contributed by atoms with Gasteiger partial charge in [0.25, 0.3) is 0 Å². The first-order valence-corrected chi connectivity index (χ1v) is 12.4. The van der Waals surface area contributed by atoms with Crippen molar-refractivity contribution < 1.29 is 18.0 Å². The van der Waals surface area contributed by atoms with Gasteiger partial charge in [-0.2, -0.15) is 4.31 Å². The van der Waals surface area contributed by atoms with Crippen LogP contribution in [0, 0.1) is 0 Å². The lowest BCUT2D eigenvalue weighted by atomic mass is 10.2. The first-order chi connectivity index (χ1) is 15.4. The highest BCUT2D eigenvalue weighted by atomic mass is 32.2. The molecule has 0 atom stereocenters. The summed E-state index contributed by atoms with van der Waals surface area (Å²) in [4.78, 5) is 26.5. The number of anilines is 3. The lowest BCUT2D eigenvalue weighted by molar-refractivity contribution is -0.117. The quantitative estimate of drug-likeness (QED) is 0.667. The van der Waals surface area contributed by atoms with Crippen LogP contribution < -0.4 is 15.5 Å². The SMILES string of the molecule is O=C(CNc1ccccc1N1CCCC1=O)Nc1ccc(S(=O)(=O)N2CCCCC2)cc1. The van der Waals surface area contributed by atoms with E-state index in [1.807, 2.05) is 24.3 Å². The highest BCUT2D eigenvalue weighted by Crippen LogP contribution is 2.29. The number of amides is 2. The molecule has 9 heteroatoms. The smallest absolute Gasteiger partial charge is 0.243 e. The fourth-order valence-electron chi connectivity index (χ4n) is 4.11. The Morgan fingerprint density at radius 2 is 1.62 bits per heavy atom. The molecule has 170 valence electrons. The van der Waals surface area contributed by atoms with Crippen molar-refractivity contribution in [1.29, 1.82) is 0 Å². The Kier molecular flexibility index (Phi) is 6.76. The van der Waals surface area contributed by atoms with Crippen LogP contribution in [-0.2, 0) is 19.6 Å². The van der Waals surface area contributed by atoms with E-state index in [0.717, 1.165) is 37.1 Å². The zero-order chi connectivity index (χ0) is 22.6. The predicted octanol–water partition coefficient (Wildman–Crippen LogP) is 3.04. The molecule has 2 amide bonds. The zero-order valence-corrected chi connectivity index (χ0v) is 18.7. The summed E-state index contributed by atoms with van der Waals surface area (Å²) in [6.07, 6.45) is 4.20. The van der Waals surface area contributed by atoms with Crippen LogP contribution in [0.5, 0.6) is 0 Å². The van der Waals surface area contributed by atoms with Gasteiger partial charge in [-0.1, -0.05) is 18.6 Å². The van der Waals surface area contributed by atoms with Gasteiger partial charge in [0.05, 0.1) is 22.8 Å². The Bertz CT molecular complexity index is 1080. The number of nitrogens with zero attached hydrogens (tertiary/aromatic N) is 2. The van der Waals surface area contributed by atoms with E-state index < -0.39 is 10.0 Å². The summed E-state index contributed by atoms with van der Waals surface area (Å²) in [7, 11) is -3.49. The summed E-state index contributed by atoms with van der Waals surface area (Å²) in [5.74, 6) is -0.178. The highest BCUT2D eigenvalue weighted by molar-refractivity contribution is 7.89. The molecule has 8 nitrogen and oxygen atoms in total. The fraction of sp³-hybridized carbons (Fsp3) is 0.391. The normalized spacial score (nSPS) is 17.4. The summed E-state index contributed by atoms with van der Waals surface area (Å²) < 4.78 is 27.0. The number of sulfonamides is 1. The molecule has 0 unspecified atom stereocenters. The first kappa shape index (κ1) is 22.3. The Labute approximate surface area is 188 Å². The van der Waals surface area contributed by atoms with Gasteiger partial charge in [0.15, 0.2) is 0 Å². The van der Waals surface area contributed by atoms with Gasteiger partial charge in [-0.05, 0) is 55.7 Å². The second kappa shape index (κ2) is 9.70. The van der Waals surface area contributed by atoms with Gasteiger partial charge < -0.3 is 15.5 Å². The van der Waals surface area contributed by atoms with Gasteiger partial charge in [-0.3, -0.25) is 9.59 Å². The molecule has 2 aromatic rings. The predicted molar refractivity (Wildman–Crippen MR) is 124 cm³/mol. The molecule has 0 spiro atoms. The molecule has 2 fully saturated rings. The van der Waals surface area contributed by atoms with Crippen molar-refractivity contribution in [2.75, 3.05) is 41.7 Å². The largest absolute Gasteiger partial charge is 0.374 e. The molecular weight excluding hydrogens is 428 g/mol. The van der Waals surface area contributed by atoms with Crippen molar-refractivity contribution >= 4 is 38.9 Å². The number of nitrogens with one attached hydrogen (secondary N) is 2. The van der Waals surface area contributed by atoms with Crippen LogP contribution in [0.15, 0.2) is 53.4 Å². The topological polar surface area (TPSA) is 98.8 Å². The van der Waals surface area contributed by atoms with Crippen LogP contribution in [0.25, 0.3) is 0 Å². The summed E-state index contributed by atoms with van der Waals surface area (Å²) in [5, 5.41) is 5.88. The molecule has 2 aliphatic rings. The Hall–Kier alpha value is -2.91. The molecule has 2 heterocycles. The third kappa shape index (κ3) is 4.94. The first-order valence-electron chi connectivity index (χ1n) is 11.0. The molecule has 2 aromatic carbocycles. The van der Waals surface area contributed by atoms with E-state index in [1.165, 1.54) is 16.4 Å². The maximum Gasteiger partial charge on any atom is 0.243 e. The minimum atomic E-state index is -3.49. The number of benzene rings is 2. The van der Waals surface area contributed by atoms with Gasteiger partial charge >= 0.3 is 0 Å². The summed E-state index contributed by atoms with van der Waals surface area (Å²) in [6, 6.07) is 13.7. The van der Waals surface area contributed by atoms with E-state index in [9.17, 15) is 18.0 Å². The number of carbonyl (C=O) groups excluding carboxylic acids is 2. The van der Waals surface area contributed by atoms with Crippen molar-refractivity contribution in [1.82, 2.24) is 4.31 Å². The van der Waals surface area contributed by atoms with Gasteiger partial charge in [-0.15, -0.1) is 0 Å². The fourth-order valence-corrected chi connectivity index (χ4v) is 5.62. The summed E-state index contributed by atoms with van der Waals surface area (Å²) in [5.41, 5.74) is 2.02. The minimum absolute atomic E-state index is 0.0207. The Morgan fingerprint density at radius 1 is 0.906 bits per heavy atom. The van der Waals surface area contributed by atoms with E-state index in [-0.39, 0.29) is 23.3 Å². The number of para-hydroxylation sites is 2. The molecule has 0 bridgehead atoms. The van der Waals surface area contributed by atoms with E-state index in [0.29, 0.717) is 31.7 Å². The molecule has 0 saturated carbocycles. The number of rotatable bonds is 7. The lowest BCUT2D eigenvalue weighted by Crippen LogP contribution is -2.35. The molecule has 2 N–H and O–H groups in total. The van der Waals surface area contributed by atoms with Crippen molar-refractivity contribution in [2.45, 2.75) is 37.0 Å². The van der Waals surface area contributed by atoms with E-state index in [2.05, 4.69) is 10.6 Å². The molecule has 2 saturated heterocycles. The van der Waals surface area contributed by atoms with E-state index in [4.69, 9.17) is 0 Å². The second-order valence-electron chi connectivity index (χ2n) is 8.06. The van der Waals surface area contributed by atoms with Crippen molar-refractivity contribution in [3.63, 3.8) is 0 Å². The summed E-state index contributed by atoms with van der Waals surface area (Å²) in [6.45, 7) is 1.80. The van der Waals surface area contributed by atoms with Gasteiger partial charge in [0.2, 0.25) is 21.8 Å². The standard InChI is InChI=1S/C23H28N4O4S/c28-22(17-24-20-7-2-3-8-21(20)27-16-6-9-23(27)29)25-18-10-12-19(13-11-18)32(30,31)26-14-4-1-5-15-26/h2-3,7-8,10-13,24H,1,4-6,9,14-17H2,(H,25,28). The third-order valence-corrected chi connectivity index (χ3v) is 7.71. The average molecular weight is 457 g/mol. The van der Waals surface area contributed by atoms with Gasteiger partial charge in [0.1, 0.15) is 0 Å². The van der Waals surface area contributed by atoms with Crippen molar-refractivity contribution in [3.8, 4) is 0 Å². The van der Waals surface area contributed by atoms with Crippen molar-refractivity contribution in [2.24, 2.45) is 0 Å². The highest BCUT2D eigenvalue weighted by Gasteiger charge is 2.26. The van der Waals surface area contributed by atoms with Gasteiger partial charge in [0, 0.05) is 31.7 Å². The zero-order valence-electron chi connectivity index (χ0n) is 17.9. The summed E-state index contributed by atoms with van der Waals surface area (Å²) >= 11 is 0. The van der Waals surface area contributed by atoms with Crippen LogP contribution in [0.2, 0.25) is 0 Å². The van der Waals surface area contributed by atoms with Crippen LogP contribution in [-0.4, -0.2) is 50.7 Å². The van der Waals surface area contributed by atoms with Crippen LogP contribution in [0.3, 0.4) is 0 Å². The average Bonchev–Trinajstić information content (AvgIpc) is 3.24. The number of carbonyl (C=O) groups is 2. The van der Waals surface area contributed by atoms with Gasteiger partial charge in [-0.25, -0.2) is 8.42 Å². The van der Waals surface area contributed by atoms with Crippen LogP contribution in [0.1, 0.15) is 32.1 Å². The number of hydrogen-bond donors (Lipinski definition) is 2. The Morgan fingerprint density at radius 3 is 2.31 bits per heavy atom. The molecule has 0 aliphatic carbocycles. The maximum atomic E-state index is 12.7. The van der Waals surface area contributed by atoms with Crippen LogP contribution in [0.4, 0.5) is 17.1 Å². The Balaban J connectivity index is 1.36. The third-order valence-electron chi connectivity index (χ3n) is 5.80. The van der Waals surface area contributed by atoms with Crippen molar-refractivity contribution in [3.05, 3.63) is 48.5 Å². The molecule has 0 aromatic heterocycles. The molecular formula is C23H28N4O4S. The maximum absolute atomic E-state index is 12.7. The minimum Gasteiger partial charge on any atom is -0.374 e. The monoisotopic (exact) mass is 456 g/mol. The molecule has 0 radical (unpaired) electrons. The lowest BCUT2D eigenvalue weighted by Gasteiger charge is -2.25. The number of hydrogen-bond acceptors (Lipinski definition) is 5. The number of piperidine rings is 1. The molecule has 32 heavy (non-hydrogen) atoms. The molecule has 4 rings (SSSR count). The second-order valence-corrected chi connectivity index (χ2v) is 9.99. The van der Waals surface area contributed by atoms with Crippen LogP contribution >= 0.6 is 0 Å². The van der Waals surface area contributed by atoms with E-state index >= 15 is 0 Å². The van der Waals surface area contributed by atoms with E-state index in [1.54, 1.807) is 17.0 Å². The molecule has 2 aliphatic heterocycles.